The van der Waals surface area contributed by atoms with Gasteiger partial charge in [-0.15, -0.1) is 0 Å². The number of nitrogens with one attached hydrogen (secondary N) is 1. The third-order valence-electron chi connectivity index (χ3n) is 7.78. The molecule has 3 N–H and O–H groups in total. The number of nitrogen functional groups attached to an aromatic ring is 1. The van der Waals surface area contributed by atoms with Gasteiger partial charge in [0.05, 0.1) is 0 Å². The second kappa shape index (κ2) is 13.3. The molecule has 0 unspecified atom stereocenters. The minimum Gasteiger partial charge on any atom is -0.399 e. The third kappa shape index (κ3) is 7.33. The number of carbonyl (C=O) groups excluding carboxylic acids is 1. The summed E-state index contributed by atoms with van der Waals surface area (Å²) < 4.78 is 0. The predicted molar refractivity (Wildman–Crippen MR) is 156 cm³/mol. The molecule has 2 aliphatic rings. The second-order valence-corrected chi connectivity index (χ2v) is 10.3. The minimum absolute atomic E-state index is 0.641. The highest BCUT2D eigenvalue weighted by atomic mass is 16.1. The average molecular weight is 496 g/mol. The second-order valence-electron chi connectivity index (χ2n) is 10.3. The number of hydrogen-bond acceptors (Lipinski definition) is 4. The number of piperidine rings is 1. The van der Waals surface area contributed by atoms with Crippen molar-refractivity contribution in [2.75, 3.05) is 18.8 Å². The molecule has 2 fully saturated rings. The number of hydrogen-bond donors (Lipinski definition) is 2. The van der Waals surface area contributed by atoms with Gasteiger partial charge in [-0.05, 0) is 96.9 Å². The molecule has 0 atom stereocenters. The molecular formula is C33H41N3O. The van der Waals surface area contributed by atoms with Crippen LogP contribution in [0, 0.1) is 0 Å². The highest BCUT2D eigenvalue weighted by molar-refractivity contribution is 5.80. The first-order valence-corrected chi connectivity index (χ1v) is 13.6. The van der Waals surface area contributed by atoms with Gasteiger partial charge in [-0.2, -0.15) is 0 Å². The number of nitrogens with two attached hydrogens (primary N) is 1. The monoisotopic (exact) mass is 495 g/mol. The molecule has 1 saturated carbocycles. The van der Waals surface area contributed by atoms with E-state index in [4.69, 9.17) is 5.73 Å². The van der Waals surface area contributed by atoms with Crippen LogP contribution in [-0.2, 0) is 17.9 Å². The Balaban J connectivity index is 1.30. The van der Waals surface area contributed by atoms with E-state index in [1.807, 2.05) is 18.2 Å². The van der Waals surface area contributed by atoms with Crippen LogP contribution in [0.2, 0.25) is 0 Å². The Morgan fingerprint density at radius 3 is 2.68 bits per heavy atom. The van der Waals surface area contributed by atoms with Crippen molar-refractivity contribution in [3.8, 4) is 0 Å². The van der Waals surface area contributed by atoms with Gasteiger partial charge < -0.3 is 16.0 Å². The maximum Gasteiger partial charge on any atom is 0.142 e. The van der Waals surface area contributed by atoms with Crippen molar-refractivity contribution in [3.05, 3.63) is 107 Å². The summed E-state index contributed by atoms with van der Waals surface area (Å²) in [5, 5.41) is 3.56. The van der Waals surface area contributed by atoms with E-state index in [1.54, 1.807) is 11.6 Å². The zero-order chi connectivity index (χ0) is 26.0. The molecular weight excluding hydrogens is 454 g/mol. The Kier molecular flexibility index (Phi) is 9.56. The molecule has 4 nitrogen and oxygen atoms in total. The lowest BCUT2D eigenvalue weighted by molar-refractivity contribution is -0.104. The number of likely N-dealkylation sites (tertiary alicyclic amines) is 1. The van der Waals surface area contributed by atoms with Gasteiger partial charge in [0.1, 0.15) is 6.29 Å². The minimum atomic E-state index is 0.641. The van der Waals surface area contributed by atoms with E-state index >= 15 is 0 Å². The van der Waals surface area contributed by atoms with Crippen molar-refractivity contribution >= 4 is 17.5 Å². The highest BCUT2D eigenvalue weighted by Crippen LogP contribution is 2.37. The van der Waals surface area contributed by atoms with Gasteiger partial charge in [-0.3, -0.25) is 4.79 Å². The lowest BCUT2D eigenvalue weighted by Gasteiger charge is -2.33. The van der Waals surface area contributed by atoms with Crippen molar-refractivity contribution in [3.63, 3.8) is 0 Å². The molecule has 2 aromatic rings. The van der Waals surface area contributed by atoms with Crippen LogP contribution < -0.4 is 11.1 Å². The third-order valence-corrected chi connectivity index (χ3v) is 7.78. The molecule has 1 saturated heterocycles. The Bertz CT molecular complexity index is 1170. The number of carbonyl (C=O) groups is 1. The van der Waals surface area contributed by atoms with Gasteiger partial charge in [0.2, 0.25) is 0 Å². The molecule has 4 heteroatoms. The zero-order valence-corrected chi connectivity index (χ0v) is 22.1. The lowest BCUT2D eigenvalue weighted by atomic mass is 9.79. The smallest absolute Gasteiger partial charge is 0.142 e. The number of anilines is 1. The van der Waals surface area contributed by atoms with E-state index < -0.39 is 0 Å². The molecule has 0 bridgehead atoms. The van der Waals surface area contributed by atoms with Crippen molar-refractivity contribution in [1.29, 1.82) is 0 Å². The summed E-state index contributed by atoms with van der Waals surface area (Å²) in [5.41, 5.74) is 15.5. The van der Waals surface area contributed by atoms with Crippen LogP contribution in [-0.4, -0.2) is 24.3 Å². The van der Waals surface area contributed by atoms with Gasteiger partial charge in [0.15, 0.2) is 0 Å². The lowest BCUT2D eigenvalue weighted by Crippen LogP contribution is -2.27. The molecule has 0 spiro atoms. The van der Waals surface area contributed by atoms with E-state index in [1.165, 1.54) is 48.6 Å². The summed E-state index contributed by atoms with van der Waals surface area (Å²) in [5.74, 6) is 0.641. The fraction of sp³-hybridized carbons (Fsp3) is 0.364. The summed E-state index contributed by atoms with van der Waals surface area (Å²) in [6.07, 6.45) is 14.8. The predicted octanol–water partition coefficient (Wildman–Crippen LogP) is 6.91. The average Bonchev–Trinajstić information content (AvgIpc) is 2.92. The maximum absolute atomic E-state index is 10.7. The zero-order valence-electron chi connectivity index (χ0n) is 22.1. The summed E-state index contributed by atoms with van der Waals surface area (Å²) in [6, 6.07) is 14.9. The van der Waals surface area contributed by atoms with Crippen LogP contribution in [0.5, 0.6) is 0 Å². The van der Waals surface area contributed by atoms with Crippen molar-refractivity contribution in [1.82, 2.24) is 10.2 Å². The number of benzene rings is 2. The molecule has 0 amide bonds. The first kappa shape index (κ1) is 26.7. The highest BCUT2D eigenvalue weighted by Gasteiger charge is 2.22. The van der Waals surface area contributed by atoms with Crippen LogP contribution in [0.4, 0.5) is 5.69 Å². The number of allylic oxidation sites excluding steroid dienone is 5. The summed E-state index contributed by atoms with van der Waals surface area (Å²) >= 11 is 0. The first-order chi connectivity index (χ1) is 18.0. The van der Waals surface area contributed by atoms with Crippen LogP contribution in [0.3, 0.4) is 0 Å². The summed E-state index contributed by atoms with van der Waals surface area (Å²) in [6.45, 7) is 12.1. The standard InChI is InChI=1S/C33H41N3O/c1-25(8-7-21-37)33-22-31(34)17-16-29(33)23-35-19-18-27-12-14-28(15-13-27)32-11-4-3-10-30(32)24-36-20-6-5-9-26(36)2/h3-4,7-8,10-11,16-18,21-22,28,35H,1-2,5-6,9,12-15,19-20,23-24,34H2/b8-7+,27-18?. The van der Waals surface area contributed by atoms with Crippen molar-refractivity contribution < 1.29 is 4.79 Å². The molecule has 194 valence electrons. The fourth-order valence-corrected chi connectivity index (χ4v) is 5.64. The molecule has 1 heterocycles. The topological polar surface area (TPSA) is 58.4 Å². The molecule has 1 aliphatic carbocycles. The van der Waals surface area contributed by atoms with E-state index in [2.05, 4.69) is 53.7 Å². The SMILES string of the molecule is C=C(/C=C/C=O)c1cc(N)ccc1CNCC=C1CCC(c2ccccc2CN2CCCCC2=C)CC1. The fourth-order valence-electron chi connectivity index (χ4n) is 5.64. The van der Waals surface area contributed by atoms with Gasteiger partial charge in [-0.1, -0.05) is 61.2 Å². The Hall–Kier alpha value is -3.37. The van der Waals surface area contributed by atoms with Crippen molar-refractivity contribution in [2.24, 2.45) is 0 Å². The van der Waals surface area contributed by atoms with Crippen molar-refractivity contribution in [2.45, 2.75) is 64.0 Å². The summed E-state index contributed by atoms with van der Waals surface area (Å²) in [4.78, 5) is 13.2. The van der Waals surface area contributed by atoms with Gasteiger partial charge in [0.25, 0.3) is 0 Å². The van der Waals surface area contributed by atoms with Crippen LogP contribution in [0.1, 0.15) is 73.1 Å². The molecule has 2 aromatic carbocycles. The molecule has 0 radical (unpaired) electrons. The number of rotatable bonds is 10. The number of aldehydes is 1. The van der Waals surface area contributed by atoms with Crippen LogP contribution >= 0.6 is 0 Å². The largest absolute Gasteiger partial charge is 0.399 e. The maximum atomic E-state index is 10.7. The molecule has 4 rings (SSSR count). The van der Waals surface area contributed by atoms with Gasteiger partial charge in [-0.25, -0.2) is 0 Å². The van der Waals surface area contributed by atoms with Crippen LogP contribution in [0.25, 0.3) is 5.57 Å². The van der Waals surface area contributed by atoms with Gasteiger partial charge in [0, 0.05) is 37.6 Å². The van der Waals surface area contributed by atoms with E-state index in [-0.39, 0.29) is 0 Å². The summed E-state index contributed by atoms with van der Waals surface area (Å²) in [7, 11) is 0. The van der Waals surface area contributed by atoms with E-state index in [0.29, 0.717) is 11.6 Å². The normalized spacial score (nSPS) is 18.3. The molecule has 37 heavy (non-hydrogen) atoms. The number of nitrogens with zero attached hydrogens (tertiary/aromatic N) is 1. The van der Waals surface area contributed by atoms with E-state index in [9.17, 15) is 4.79 Å². The van der Waals surface area contributed by atoms with Gasteiger partial charge >= 0.3 is 0 Å². The first-order valence-electron chi connectivity index (χ1n) is 13.6. The Morgan fingerprint density at radius 1 is 1.08 bits per heavy atom. The Labute approximate surface area is 222 Å². The van der Waals surface area contributed by atoms with E-state index in [0.717, 1.165) is 68.4 Å². The molecule has 0 aromatic heterocycles. The quantitative estimate of drug-likeness (QED) is 0.0939. The Morgan fingerprint density at radius 2 is 1.89 bits per heavy atom. The van der Waals surface area contributed by atoms with Crippen LogP contribution in [0.15, 0.2) is 85.1 Å². The molecule has 1 aliphatic heterocycles.